The van der Waals surface area contributed by atoms with Crippen molar-refractivity contribution in [2.75, 3.05) is 5.32 Å². The summed E-state index contributed by atoms with van der Waals surface area (Å²) in [5.74, 6) is -5.21. The second kappa shape index (κ2) is 5.73. The summed E-state index contributed by atoms with van der Waals surface area (Å²) < 4.78 is 46.0. The van der Waals surface area contributed by atoms with E-state index < -0.39 is 29.0 Å². The van der Waals surface area contributed by atoms with Crippen LogP contribution >= 0.6 is 15.9 Å². The molecular weight excluding hydrogens is 375 g/mol. The summed E-state index contributed by atoms with van der Waals surface area (Å²) in [5.41, 5.74) is 0.582. The molecule has 7 heteroatoms. The summed E-state index contributed by atoms with van der Waals surface area (Å²) in [6.07, 6.45) is 0. The number of furan rings is 1. The molecule has 3 rings (SSSR count). The van der Waals surface area contributed by atoms with E-state index in [-0.39, 0.29) is 5.76 Å². The summed E-state index contributed by atoms with van der Waals surface area (Å²) in [6, 6.07) is 6.89. The SMILES string of the molecule is Cc1c(C(=O)Nc2ccc(F)c(F)c2F)oc2ccc(Br)cc12. The van der Waals surface area contributed by atoms with E-state index in [1.165, 1.54) is 0 Å². The number of anilines is 1. The molecule has 0 radical (unpaired) electrons. The fourth-order valence-corrected chi connectivity index (χ4v) is 2.57. The maximum Gasteiger partial charge on any atom is 0.291 e. The zero-order valence-corrected chi connectivity index (χ0v) is 13.3. The molecule has 0 saturated heterocycles. The molecule has 0 aliphatic heterocycles. The standard InChI is InChI=1S/C16H9BrF3NO2/c1-7-9-6-8(17)2-5-12(9)23-15(7)16(22)21-11-4-3-10(18)13(19)14(11)20/h2-6H,1H3,(H,21,22). The average Bonchev–Trinajstić information content (AvgIpc) is 2.85. The van der Waals surface area contributed by atoms with Gasteiger partial charge in [0.05, 0.1) is 5.69 Å². The van der Waals surface area contributed by atoms with Gasteiger partial charge in [0.1, 0.15) is 5.58 Å². The molecule has 0 aliphatic rings. The second-order valence-electron chi connectivity index (χ2n) is 4.87. The number of carbonyl (C=O) groups is 1. The molecule has 3 aromatic rings. The number of nitrogens with one attached hydrogen (secondary N) is 1. The minimum absolute atomic E-state index is 0.0257. The molecule has 0 spiro atoms. The van der Waals surface area contributed by atoms with Gasteiger partial charge in [-0.3, -0.25) is 4.79 Å². The Kier molecular flexibility index (Phi) is 3.89. The molecule has 3 nitrogen and oxygen atoms in total. The fraction of sp³-hybridized carbons (Fsp3) is 0.0625. The Balaban J connectivity index is 1.98. The lowest BCUT2D eigenvalue weighted by molar-refractivity contribution is 0.0997. The average molecular weight is 384 g/mol. The van der Waals surface area contributed by atoms with Gasteiger partial charge >= 0.3 is 0 Å². The third kappa shape index (κ3) is 2.72. The van der Waals surface area contributed by atoms with Crippen molar-refractivity contribution in [3.8, 4) is 0 Å². The highest BCUT2D eigenvalue weighted by Gasteiger charge is 2.21. The Bertz CT molecular complexity index is 937. The van der Waals surface area contributed by atoms with Crippen molar-refractivity contribution < 1.29 is 22.4 Å². The maximum atomic E-state index is 13.6. The van der Waals surface area contributed by atoms with E-state index in [0.29, 0.717) is 11.1 Å². The number of halogens is 4. The van der Waals surface area contributed by atoms with E-state index >= 15 is 0 Å². The van der Waals surface area contributed by atoms with Crippen LogP contribution in [-0.4, -0.2) is 5.91 Å². The third-order valence-electron chi connectivity index (χ3n) is 3.39. The first-order valence-corrected chi connectivity index (χ1v) is 7.31. The molecule has 1 N–H and O–H groups in total. The highest BCUT2D eigenvalue weighted by Crippen LogP contribution is 2.29. The van der Waals surface area contributed by atoms with Gasteiger partial charge < -0.3 is 9.73 Å². The molecule has 0 aliphatic carbocycles. The zero-order chi connectivity index (χ0) is 16.7. The van der Waals surface area contributed by atoms with Crippen molar-refractivity contribution >= 4 is 38.5 Å². The maximum absolute atomic E-state index is 13.6. The van der Waals surface area contributed by atoms with Gasteiger partial charge in [-0.25, -0.2) is 13.2 Å². The molecule has 1 aromatic heterocycles. The molecule has 1 amide bonds. The van der Waals surface area contributed by atoms with Crippen molar-refractivity contribution in [1.29, 1.82) is 0 Å². The molecule has 118 valence electrons. The predicted octanol–water partition coefficient (Wildman–Crippen LogP) is 5.17. The van der Waals surface area contributed by atoms with Gasteiger partial charge in [-0.2, -0.15) is 0 Å². The van der Waals surface area contributed by atoms with Crippen LogP contribution in [-0.2, 0) is 0 Å². The van der Waals surface area contributed by atoms with Crippen molar-refractivity contribution in [1.82, 2.24) is 0 Å². The quantitative estimate of drug-likeness (QED) is 0.620. The Morgan fingerprint density at radius 3 is 2.61 bits per heavy atom. The first kappa shape index (κ1) is 15.6. The van der Waals surface area contributed by atoms with Gasteiger partial charge in [-0.05, 0) is 37.3 Å². The van der Waals surface area contributed by atoms with Gasteiger partial charge in [0.25, 0.3) is 5.91 Å². The van der Waals surface area contributed by atoms with Crippen molar-refractivity contribution in [3.05, 3.63) is 63.6 Å². The summed E-state index contributed by atoms with van der Waals surface area (Å²) in [6.45, 7) is 1.68. The summed E-state index contributed by atoms with van der Waals surface area (Å²) >= 11 is 3.32. The monoisotopic (exact) mass is 383 g/mol. The minimum Gasteiger partial charge on any atom is -0.451 e. The number of hydrogen-bond donors (Lipinski definition) is 1. The zero-order valence-electron chi connectivity index (χ0n) is 11.7. The number of carbonyl (C=O) groups excluding carboxylic acids is 1. The van der Waals surface area contributed by atoms with Crippen molar-refractivity contribution in [2.24, 2.45) is 0 Å². The van der Waals surface area contributed by atoms with Crippen LogP contribution in [0.5, 0.6) is 0 Å². The largest absolute Gasteiger partial charge is 0.451 e. The summed E-state index contributed by atoms with van der Waals surface area (Å²) in [7, 11) is 0. The Labute approximate surface area is 137 Å². The number of hydrogen-bond acceptors (Lipinski definition) is 2. The Morgan fingerprint density at radius 1 is 1.13 bits per heavy atom. The third-order valence-corrected chi connectivity index (χ3v) is 3.88. The summed E-state index contributed by atoms with van der Waals surface area (Å²) in [5, 5.41) is 2.90. The highest BCUT2D eigenvalue weighted by atomic mass is 79.9. The lowest BCUT2D eigenvalue weighted by Crippen LogP contribution is -2.14. The van der Waals surface area contributed by atoms with E-state index in [1.54, 1.807) is 25.1 Å². The molecular formula is C16H9BrF3NO2. The number of amides is 1. The summed E-state index contributed by atoms with van der Waals surface area (Å²) in [4.78, 5) is 12.2. The molecule has 0 bridgehead atoms. The van der Waals surface area contributed by atoms with Crippen LogP contribution < -0.4 is 5.32 Å². The molecule has 0 saturated carbocycles. The normalized spacial score (nSPS) is 11.0. The van der Waals surface area contributed by atoms with Crippen LogP contribution in [0.1, 0.15) is 16.1 Å². The van der Waals surface area contributed by atoms with Crippen LogP contribution in [0.25, 0.3) is 11.0 Å². The van der Waals surface area contributed by atoms with E-state index in [2.05, 4.69) is 21.2 Å². The smallest absolute Gasteiger partial charge is 0.291 e. The lowest BCUT2D eigenvalue weighted by atomic mass is 10.1. The highest BCUT2D eigenvalue weighted by molar-refractivity contribution is 9.10. The second-order valence-corrected chi connectivity index (χ2v) is 5.79. The molecule has 0 unspecified atom stereocenters. The van der Waals surface area contributed by atoms with Gasteiger partial charge in [0.15, 0.2) is 23.2 Å². The number of aryl methyl sites for hydroxylation is 1. The van der Waals surface area contributed by atoms with Crippen LogP contribution in [0.3, 0.4) is 0 Å². The van der Waals surface area contributed by atoms with Crippen LogP contribution in [0.15, 0.2) is 39.2 Å². The number of benzene rings is 2. The molecule has 23 heavy (non-hydrogen) atoms. The minimum atomic E-state index is -1.65. The van der Waals surface area contributed by atoms with Crippen LogP contribution in [0, 0.1) is 24.4 Å². The number of rotatable bonds is 2. The van der Waals surface area contributed by atoms with Crippen LogP contribution in [0.2, 0.25) is 0 Å². The Hall–Kier alpha value is -2.28. The number of fused-ring (bicyclic) bond motifs is 1. The molecule has 0 fully saturated rings. The van der Waals surface area contributed by atoms with E-state index in [0.717, 1.165) is 22.0 Å². The van der Waals surface area contributed by atoms with Gasteiger partial charge in [-0.15, -0.1) is 0 Å². The van der Waals surface area contributed by atoms with Crippen molar-refractivity contribution in [3.63, 3.8) is 0 Å². The lowest BCUT2D eigenvalue weighted by Gasteiger charge is -2.06. The first-order chi connectivity index (χ1) is 10.9. The van der Waals surface area contributed by atoms with E-state index in [1.807, 2.05) is 0 Å². The Morgan fingerprint density at radius 2 is 1.87 bits per heavy atom. The topological polar surface area (TPSA) is 42.2 Å². The molecule has 2 aromatic carbocycles. The predicted molar refractivity (Wildman–Crippen MR) is 82.9 cm³/mol. The van der Waals surface area contributed by atoms with Gasteiger partial charge in [0, 0.05) is 15.4 Å². The fourth-order valence-electron chi connectivity index (χ4n) is 2.21. The van der Waals surface area contributed by atoms with E-state index in [9.17, 15) is 18.0 Å². The van der Waals surface area contributed by atoms with Crippen LogP contribution in [0.4, 0.5) is 18.9 Å². The van der Waals surface area contributed by atoms with Gasteiger partial charge in [-0.1, -0.05) is 15.9 Å². The van der Waals surface area contributed by atoms with E-state index in [4.69, 9.17) is 4.42 Å². The van der Waals surface area contributed by atoms with Gasteiger partial charge in [0.2, 0.25) is 0 Å². The molecule has 1 heterocycles. The molecule has 0 atom stereocenters. The van der Waals surface area contributed by atoms with Crippen molar-refractivity contribution in [2.45, 2.75) is 6.92 Å². The first-order valence-electron chi connectivity index (χ1n) is 6.52.